The first-order valence-electron chi connectivity index (χ1n) is 4.00. The molecule has 0 unspecified atom stereocenters. The van der Waals surface area contributed by atoms with Crippen molar-refractivity contribution in [1.82, 2.24) is 14.7 Å². The van der Waals surface area contributed by atoms with E-state index in [4.69, 9.17) is 11.6 Å². The smallest absolute Gasteiger partial charge is 0.254 e. The standard InChI is InChI=1S/C6H6ClF3N4O2S/c7-4-1-5(12-3-11-4)14-17(15,16)13-2-6(8,9)10/h1,3,13H,2H2,(H,11,12,14). The summed E-state index contributed by atoms with van der Waals surface area (Å²) in [6, 6.07) is 1.05. The molecule has 96 valence electrons. The summed E-state index contributed by atoms with van der Waals surface area (Å²) >= 11 is 5.44. The van der Waals surface area contributed by atoms with Crippen molar-refractivity contribution in [2.24, 2.45) is 0 Å². The van der Waals surface area contributed by atoms with E-state index in [9.17, 15) is 21.6 Å². The summed E-state index contributed by atoms with van der Waals surface area (Å²) in [5.74, 6) is -0.236. The van der Waals surface area contributed by atoms with Gasteiger partial charge in [-0.05, 0) is 0 Å². The molecule has 1 rings (SSSR count). The van der Waals surface area contributed by atoms with Crippen LogP contribution in [0.4, 0.5) is 19.0 Å². The summed E-state index contributed by atoms with van der Waals surface area (Å²) in [5, 5.41) is -0.0477. The number of alkyl halides is 3. The van der Waals surface area contributed by atoms with Gasteiger partial charge in [0.25, 0.3) is 0 Å². The predicted octanol–water partition coefficient (Wildman–Crippen LogP) is 0.939. The van der Waals surface area contributed by atoms with Gasteiger partial charge in [-0.1, -0.05) is 11.6 Å². The molecule has 6 nitrogen and oxygen atoms in total. The normalized spacial score (nSPS) is 12.5. The highest BCUT2D eigenvalue weighted by molar-refractivity contribution is 7.90. The molecular formula is C6H6ClF3N4O2S. The number of hydrogen-bond acceptors (Lipinski definition) is 4. The van der Waals surface area contributed by atoms with Gasteiger partial charge >= 0.3 is 16.4 Å². The molecule has 0 aromatic carbocycles. The Balaban J connectivity index is 2.67. The number of nitrogens with one attached hydrogen (secondary N) is 2. The SMILES string of the molecule is O=S(=O)(NCC(F)(F)F)Nc1cc(Cl)ncn1. The first-order valence-corrected chi connectivity index (χ1v) is 5.86. The minimum atomic E-state index is -4.64. The highest BCUT2D eigenvalue weighted by atomic mass is 35.5. The van der Waals surface area contributed by atoms with E-state index in [1.54, 1.807) is 4.72 Å². The zero-order chi connectivity index (χ0) is 13.1. The minimum absolute atomic E-state index is 0.0477. The van der Waals surface area contributed by atoms with Crippen LogP contribution < -0.4 is 9.44 Å². The summed E-state index contributed by atoms with van der Waals surface area (Å²) in [6.07, 6.45) is -3.68. The largest absolute Gasteiger partial charge is 0.402 e. The first-order chi connectivity index (χ1) is 7.68. The van der Waals surface area contributed by atoms with Crippen molar-refractivity contribution in [2.45, 2.75) is 6.18 Å². The zero-order valence-electron chi connectivity index (χ0n) is 7.99. The van der Waals surface area contributed by atoms with Crippen LogP contribution in [0.1, 0.15) is 0 Å². The number of rotatable bonds is 4. The van der Waals surface area contributed by atoms with E-state index in [2.05, 4.69) is 9.97 Å². The Kier molecular flexibility index (Phi) is 4.11. The quantitative estimate of drug-likeness (QED) is 0.808. The first kappa shape index (κ1) is 13.9. The molecule has 1 heterocycles. The number of nitrogens with zero attached hydrogens (tertiary/aromatic N) is 2. The van der Waals surface area contributed by atoms with E-state index in [1.165, 1.54) is 4.72 Å². The van der Waals surface area contributed by atoms with Gasteiger partial charge in [0.05, 0.1) is 0 Å². The Morgan fingerprint density at radius 2 is 2.00 bits per heavy atom. The summed E-state index contributed by atoms with van der Waals surface area (Å²) in [7, 11) is -4.35. The van der Waals surface area contributed by atoms with Crippen molar-refractivity contribution < 1.29 is 21.6 Å². The summed E-state index contributed by atoms with van der Waals surface area (Å²) in [5.41, 5.74) is 0. The second-order valence-corrected chi connectivity index (χ2v) is 4.65. The van der Waals surface area contributed by atoms with Crippen molar-refractivity contribution in [3.8, 4) is 0 Å². The van der Waals surface area contributed by atoms with Crippen LogP contribution in [-0.4, -0.2) is 31.1 Å². The second-order valence-electron chi connectivity index (χ2n) is 2.77. The fourth-order valence-corrected chi connectivity index (χ4v) is 1.70. The third-order valence-electron chi connectivity index (χ3n) is 1.34. The molecular weight excluding hydrogens is 285 g/mol. The van der Waals surface area contributed by atoms with Crippen molar-refractivity contribution in [2.75, 3.05) is 11.3 Å². The molecule has 0 atom stereocenters. The van der Waals surface area contributed by atoms with Crippen LogP contribution in [0.15, 0.2) is 12.4 Å². The predicted molar refractivity (Wildman–Crippen MR) is 53.6 cm³/mol. The summed E-state index contributed by atoms with van der Waals surface area (Å²) in [6.45, 7) is -1.68. The molecule has 0 aliphatic heterocycles. The van der Waals surface area contributed by atoms with Gasteiger partial charge in [0.1, 0.15) is 23.8 Å². The lowest BCUT2D eigenvalue weighted by atomic mass is 10.6. The molecule has 0 amide bonds. The fourth-order valence-electron chi connectivity index (χ4n) is 0.740. The maximum absolute atomic E-state index is 11.8. The highest BCUT2D eigenvalue weighted by Gasteiger charge is 2.29. The lowest BCUT2D eigenvalue weighted by molar-refractivity contribution is -0.121. The Hall–Kier alpha value is -1.13. The topological polar surface area (TPSA) is 84.0 Å². The highest BCUT2D eigenvalue weighted by Crippen LogP contribution is 2.13. The number of hydrogen-bond donors (Lipinski definition) is 2. The van der Waals surface area contributed by atoms with Crippen LogP contribution in [-0.2, 0) is 10.2 Å². The van der Waals surface area contributed by atoms with E-state index < -0.39 is 22.9 Å². The molecule has 0 fully saturated rings. The summed E-state index contributed by atoms with van der Waals surface area (Å²) in [4.78, 5) is 6.94. The van der Waals surface area contributed by atoms with Gasteiger partial charge in [0.15, 0.2) is 0 Å². The van der Waals surface area contributed by atoms with Crippen LogP contribution in [0.5, 0.6) is 0 Å². The Labute approximate surface area is 99.4 Å². The molecule has 17 heavy (non-hydrogen) atoms. The number of anilines is 1. The van der Waals surface area contributed by atoms with Crippen molar-refractivity contribution >= 4 is 27.6 Å². The molecule has 11 heteroatoms. The maximum atomic E-state index is 11.8. The molecule has 0 spiro atoms. The van der Waals surface area contributed by atoms with E-state index in [-0.39, 0.29) is 11.0 Å². The molecule has 0 aliphatic carbocycles. The summed E-state index contributed by atoms with van der Waals surface area (Å²) < 4.78 is 60.7. The molecule has 1 aromatic rings. The molecule has 0 saturated heterocycles. The monoisotopic (exact) mass is 290 g/mol. The van der Waals surface area contributed by atoms with Gasteiger partial charge in [-0.2, -0.15) is 26.3 Å². The Bertz CT molecular complexity index is 492. The Morgan fingerprint density at radius 1 is 1.35 bits per heavy atom. The van der Waals surface area contributed by atoms with Gasteiger partial charge < -0.3 is 0 Å². The maximum Gasteiger partial charge on any atom is 0.402 e. The molecule has 0 aliphatic rings. The molecule has 0 saturated carbocycles. The van der Waals surface area contributed by atoms with Gasteiger partial charge in [0, 0.05) is 6.07 Å². The molecule has 2 N–H and O–H groups in total. The van der Waals surface area contributed by atoms with Crippen molar-refractivity contribution in [3.05, 3.63) is 17.5 Å². The van der Waals surface area contributed by atoms with Crippen LogP contribution >= 0.6 is 11.6 Å². The third kappa shape index (κ3) is 5.65. The van der Waals surface area contributed by atoms with Crippen molar-refractivity contribution in [3.63, 3.8) is 0 Å². The zero-order valence-corrected chi connectivity index (χ0v) is 9.57. The van der Waals surface area contributed by atoms with Crippen LogP contribution in [0, 0.1) is 0 Å². The van der Waals surface area contributed by atoms with Gasteiger partial charge in [-0.15, -0.1) is 0 Å². The van der Waals surface area contributed by atoms with Gasteiger partial charge in [-0.25, -0.2) is 9.97 Å². The average Bonchev–Trinajstić information content (AvgIpc) is 2.13. The molecule has 0 radical (unpaired) electrons. The second kappa shape index (κ2) is 5.02. The lowest BCUT2D eigenvalue weighted by Gasteiger charge is -2.10. The third-order valence-corrected chi connectivity index (χ3v) is 2.54. The van der Waals surface area contributed by atoms with Crippen LogP contribution in [0.25, 0.3) is 0 Å². The van der Waals surface area contributed by atoms with Gasteiger partial charge in [-0.3, -0.25) is 4.72 Å². The van der Waals surface area contributed by atoms with E-state index in [0.29, 0.717) is 0 Å². The lowest BCUT2D eigenvalue weighted by Crippen LogP contribution is -2.37. The average molecular weight is 291 g/mol. The number of aromatic nitrogens is 2. The van der Waals surface area contributed by atoms with Crippen LogP contribution in [0.3, 0.4) is 0 Å². The Morgan fingerprint density at radius 3 is 2.53 bits per heavy atom. The minimum Gasteiger partial charge on any atom is -0.254 e. The van der Waals surface area contributed by atoms with E-state index in [1.807, 2.05) is 0 Å². The van der Waals surface area contributed by atoms with Crippen molar-refractivity contribution in [1.29, 1.82) is 0 Å². The van der Waals surface area contributed by atoms with Gasteiger partial charge in [0.2, 0.25) is 0 Å². The molecule has 0 bridgehead atoms. The van der Waals surface area contributed by atoms with Crippen LogP contribution in [0.2, 0.25) is 5.15 Å². The van der Waals surface area contributed by atoms with E-state index >= 15 is 0 Å². The number of halogens is 4. The van der Waals surface area contributed by atoms with E-state index in [0.717, 1.165) is 12.4 Å². The molecule has 1 aromatic heterocycles. The fraction of sp³-hybridized carbons (Fsp3) is 0.333.